The van der Waals surface area contributed by atoms with Gasteiger partial charge in [-0.25, -0.2) is 9.97 Å². The molecule has 1 aliphatic carbocycles. The Morgan fingerprint density at radius 3 is 3.10 bits per heavy atom. The van der Waals surface area contributed by atoms with E-state index in [0.29, 0.717) is 6.42 Å². The Balaban J connectivity index is 1.95. The first-order valence-corrected chi connectivity index (χ1v) is 7.66. The van der Waals surface area contributed by atoms with Crippen LogP contribution in [0.15, 0.2) is 6.58 Å². The van der Waals surface area contributed by atoms with Crippen LogP contribution in [0.4, 0.5) is 5.82 Å². The first-order chi connectivity index (χ1) is 10.2. The number of nitrogens with zero attached hydrogens (tertiary/aromatic N) is 4. The van der Waals surface area contributed by atoms with Crippen molar-refractivity contribution in [2.24, 2.45) is 0 Å². The van der Waals surface area contributed by atoms with Gasteiger partial charge in [0.15, 0.2) is 0 Å². The second kappa shape index (κ2) is 6.00. The summed E-state index contributed by atoms with van der Waals surface area (Å²) in [5, 5.41) is 12.5. The quantitative estimate of drug-likeness (QED) is 0.848. The van der Waals surface area contributed by atoms with Crippen LogP contribution >= 0.6 is 11.6 Å². The van der Waals surface area contributed by atoms with E-state index in [4.69, 9.17) is 16.9 Å². The molecule has 0 radical (unpaired) electrons. The van der Waals surface area contributed by atoms with Crippen molar-refractivity contribution in [2.45, 2.75) is 31.7 Å². The van der Waals surface area contributed by atoms with Gasteiger partial charge < -0.3 is 10.2 Å². The van der Waals surface area contributed by atoms with Crippen molar-refractivity contribution < 1.29 is 0 Å². The fourth-order valence-electron chi connectivity index (χ4n) is 3.09. The van der Waals surface area contributed by atoms with Crippen LogP contribution < -0.4 is 10.2 Å². The zero-order chi connectivity index (χ0) is 14.8. The highest BCUT2D eigenvalue weighted by atomic mass is 35.5. The second-order valence-electron chi connectivity index (χ2n) is 5.56. The molecule has 2 heterocycles. The normalized spacial score (nSPS) is 21.8. The van der Waals surface area contributed by atoms with Crippen LogP contribution in [0, 0.1) is 11.3 Å². The SMILES string of the molecule is C=C1CCCc2c1nc(Cl)nc2N1CCN[C@@H](CC#N)C1. The minimum absolute atomic E-state index is 0.180. The largest absolute Gasteiger partial charge is 0.353 e. The summed E-state index contributed by atoms with van der Waals surface area (Å²) in [6, 6.07) is 2.41. The molecule has 3 rings (SSSR count). The van der Waals surface area contributed by atoms with Crippen LogP contribution in [0.2, 0.25) is 5.28 Å². The van der Waals surface area contributed by atoms with Gasteiger partial charge >= 0.3 is 0 Å². The predicted molar refractivity (Wildman–Crippen MR) is 83.2 cm³/mol. The lowest BCUT2D eigenvalue weighted by atomic mass is 9.92. The summed E-state index contributed by atoms with van der Waals surface area (Å²) in [4.78, 5) is 11.1. The maximum Gasteiger partial charge on any atom is 0.224 e. The molecule has 0 spiro atoms. The number of allylic oxidation sites excluding steroid dienone is 1. The van der Waals surface area contributed by atoms with E-state index in [1.807, 2.05) is 0 Å². The van der Waals surface area contributed by atoms with Gasteiger partial charge in [-0.05, 0) is 36.4 Å². The maximum absolute atomic E-state index is 8.88. The molecule has 1 aliphatic heterocycles. The molecule has 6 heteroatoms. The molecule has 1 N–H and O–H groups in total. The van der Waals surface area contributed by atoms with Crippen molar-refractivity contribution in [3.63, 3.8) is 0 Å². The average Bonchev–Trinajstić information content (AvgIpc) is 2.48. The number of halogens is 1. The molecule has 5 nitrogen and oxygen atoms in total. The Morgan fingerprint density at radius 1 is 1.43 bits per heavy atom. The van der Waals surface area contributed by atoms with E-state index in [1.165, 1.54) is 0 Å². The third-order valence-corrected chi connectivity index (χ3v) is 4.26. The summed E-state index contributed by atoms with van der Waals surface area (Å²) < 4.78 is 0. The molecule has 1 saturated heterocycles. The third-order valence-electron chi connectivity index (χ3n) is 4.09. The Labute approximate surface area is 129 Å². The standard InChI is InChI=1S/C15H18ClN5/c1-10-3-2-4-12-13(10)19-15(16)20-14(12)21-8-7-18-11(9-21)5-6-17/h11,18H,1-5,7-9H2/t11-/m0/s1. The number of nitrogens with one attached hydrogen (secondary N) is 1. The highest BCUT2D eigenvalue weighted by Crippen LogP contribution is 2.34. The number of rotatable bonds is 2. The van der Waals surface area contributed by atoms with Gasteiger partial charge in [-0.15, -0.1) is 0 Å². The number of nitriles is 1. The van der Waals surface area contributed by atoms with E-state index in [-0.39, 0.29) is 11.3 Å². The van der Waals surface area contributed by atoms with Crippen LogP contribution in [0.5, 0.6) is 0 Å². The molecule has 0 unspecified atom stereocenters. The van der Waals surface area contributed by atoms with Gasteiger partial charge in [-0.2, -0.15) is 5.26 Å². The number of anilines is 1. The lowest BCUT2D eigenvalue weighted by Gasteiger charge is -2.35. The number of aromatic nitrogens is 2. The lowest BCUT2D eigenvalue weighted by Crippen LogP contribution is -2.51. The number of hydrogen-bond acceptors (Lipinski definition) is 5. The molecule has 1 fully saturated rings. The molecule has 1 aromatic rings. The van der Waals surface area contributed by atoms with Gasteiger partial charge in [0.2, 0.25) is 5.28 Å². The minimum Gasteiger partial charge on any atom is -0.353 e. The number of hydrogen-bond donors (Lipinski definition) is 1. The molecule has 1 atom stereocenters. The van der Waals surface area contributed by atoms with Crippen molar-refractivity contribution in [1.82, 2.24) is 15.3 Å². The molecule has 0 amide bonds. The van der Waals surface area contributed by atoms with Crippen molar-refractivity contribution in [3.8, 4) is 6.07 Å². The second-order valence-corrected chi connectivity index (χ2v) is 5.90. The molecule has 21 heavy (non-hydrogen) atoms. The Morgan fingerprint density at radius 2 is 2.29 bits per heavy atom. The van der Waals surface area contributed by atoms with E-state index < -0.39 is 0 Å². The average molecular weight is 304 g/mol. The molecular weight excluding hydrogens is 286 g/mol. The minimum atomic E-state index is 0.180. The summed E-state index contributed by atoms with van der Waals surface area (Å²) in [7, 11) is 0. The summed E-state index contributed by atoms with van der Waals surface area (Å²) in [5.41, 5.74) is 3.13. The fourth-order valence-corrected chi connectivity index (χ4v) is 3.26. The van der Waals surface area contributed by atoms with Crippen LogP contribution in [0.25, 0.3) is 5.57 Å². The van der Waals surface area contributed by atoms with Crippen molar-refractivity contribution in [2.75, 3.05) is 24.5 Å². The van der Waals surface area contributed by atoms with Gasteiger partial charge in [0.1, 0.15) is 5.82 Å². The topological polar surface area (TPSA) is 64.8 Å². The smallest absolute Gasteiger partial charge is 0.224 e. The van der Waals surface area contributed by atoms with Gasteiger partial charge in [0.05, 0.1) is 18.2 Å². The zero-order valence-corrected chi connectivity index (χ0v) is 12.7. The number of fused-ring (bicyclic) bond motifs is 1. The van der Waals surface area contributed by atoms with E-state index >= 15 is 0 Å². The summed E-state index contributed by atoms with van der Waals surface area (Å²) in [6.07, 6.45) is 3.52. The van der Waals surface area contributed by atoms with E-state index in [2.05, 4.69) is 32.8 Å². The monoisotopic (exact) mass is 303 g/mol. The van der Waals surface area contributed by atoms with Gasteiger partial charge in [-0.3, -0.25) is 0 Å². The van der Waals surface area contributed by atoms with E-state index in [0.717, 1.165) is 61.5 Å². The maximum atomic E-state index is 8.88. The third kappa shape index (κ3) is 2.87. The predicted octanol–water partition coefficient (Wildman–Crippen LogP) is 2.17. The highest BCUT2D eigenvalue weighted by Gasteiger charge is 2.26. The zero-order valence-electron chi connectivity index (χ0n) is 11.9. The Hall–Kier alpha value is -1.64. The molecule has 0 aromatic carbocycles. The van der Waals surface area contributed by atoms with Gasteiger partial charge in [0.25, 0.3) is 0 Å². The summed E-state index contributed by atoms with van der Waals surface area (Å²) >= 11 is 6.11. The highest BCUT2D eigenvalue weighted by molar-refractivity contribution is 6.28. The molecule has 110 valence electrons. The van der Waals surface area contributed by atoms with Crippen LogP contribution in [0.1, 0.15) is 30.5 Å². The van der Waals surface area contributed by atoms with E-state index in [9.17, 15) is 0 Å². The summed E-state index contributed by atoms with van der Waals surface area (Å²) in [5.74, 6) is 0.926. The molecule has 0 saturated carbocycles. The van der Waals surface area contributed by atoms with Crippen LogP contribution in [-0.4, -0.2) is 35.6 Å². The first-order valence-electron chi connectivity index (χ1n) is 7.29. The molecule has 1 aromatic heterocycles. The van der Waals surface area contributed by atoms with E-state index in [1.54, 1.807) is 0 Å². The van der Waals surface area contributed by atoms with Gasteiger partial charge in [-0.1, -0.05) is 6.58 Å². The molecular formula is C15H18ClN5. The Bertz CT molecular complexity index is 607. The van der Waals surface area contributed by atoms with Crippen molar-refractivity contribution in [3.05, 3.63) is 23.1 Å². The lowest BCUT2D eigenvalue weighted by molar-refractivity contribution is 0.459. The Kier molecular flexibility index (Phi) is 4.09. The van der Waals surface area contributed by atoms with Crippen molar-refractivity contribution >= 4 is 23.0 Å². The molecule has 2 aliphatic rings. The number of piperazine rings is 1. The fraction of sp³-hybridized carbons (Fsp3) is 0.533. The first kappa shape index (κ1) is 14.3. The molecule has 0 bridgehead atoms. The summed E-state index contributed by atoms with van der Waals surface area (Å²) in [6.45, 7) is 6.60. The van der Waals surface area contributed by atoms with Crippen molar-refractivity contribution in [1.29, 1.82) is 5.26 Å². The van der Waals surface area contributed by atoms with Crippen LogP contribution in [0.3, 0.4) is 0 Å². The van der Waals surface area contributed by atoms with Crippen LogP contribution in [-0.2, 0) is 6.42 Å². The van der Waals surface area contributed by atoms with Gasteiger partial charge in [0, 0.05) is 31.2 Å².